The van der Waals surface area contributed by atoms with Crippen LogP contribution in [0.5, 0.6) is 5.75 Å². The molecule has 22 heavy (non-hydrogen) atoms. The summed E-state index contributed by atoms with van der Waals surface area (Å²) in [6.45, 7) is 5.49. The predicted octanol–water partition coefficient (Wildman–Crippen LogP) is 3.47. The molecule has 0 amide bonds. The Morgan fingerprint density at radius 3 is 2.68 bits per heavy atom. The number of nitrogens with zero attached hydrogens (tertiary/aromatic N) is 4. The second-order valence-corrected chi connectivity index (χ2v) is 5.91. The van der Waals surface area contributed by atoms with E-state index in [1.807, 2.05) is 16.8 Å². The molecule has 2 rings (SSSR count). The topological polar surface area (TPSA) is 63.7 Å². The van der Waals surface area contributed by atoms with E-state index in [-0.39, 0.29) is 0 Å². The van der Waals surface area contributed by atoms with Gasteiger partial charge in [0.1, 0.15) is 11.8 Å². The van der Waals surface area contributed by atoms with Crippen molar-refractivity contribution in [1.82, 2.24) is 15.0 Å². The van der Waals surface area contributed by atoms with Crippen molar-refractivity contribution in [1.29, 1.82) is 5.26 Å². The van der Waals surface area contributed by atoms with Gasteiger partial charge < -0.3 is 4.74 Å². The van der Waals surface area contributed by atoms with E-state index in [0.717, 1.165) is 24.3 Å². The van der Waals surface area contributed by atoms with Crippen molar-refractivity contribution in [2.45, 2.75) is 33.2 Å². The van der Waals surface area contributed by atoms with E-state index in [0.29, 0.717) is 29.8 Å². The van der Waals surface area contributed by atoms with E-state index in [4.69, 9.17) is 21.6 Å². The third kappa shape index (κ3) is 4.47. The van der Waals surface area contributed by atoms with Crippen LogP contribution in [0.25, 0.3) is 0 Å². The maximum atomic E-state index is 9.09. The van der Waals surface area contributed by atoms with Crippen LogP contribution in [0.15, 0.2) is 24.3 Å². The first-order valence-corrected chi connectivity index (χ1v) is 7.68. The number of hydrogen-bond donors (Lipinski definition) is 0. The second kappa shape index (κ2) is 7.81. The van der Waals surface area contributed by atoms with Crippen LogP contribution in [-0.4, -0.2) is 21.6 Å². The number of hydrogen-bond acceptors (Lipinski definition) is 4. The van der Waals surface area contributed by atoms with E-state index in [1.165, 1.54) is 0 Å². The van der Waals surface area contributed by atoms with Crippen LogP contribution in [0.3, 0.4) is 0 Å². The molecule has 0 atom stereocenters. The van der Waals surface area contributed by atoms with Crippen LogP contribution in [0.2, 0.25) is 5.02 Å². The lowest BCUT2D eigenvalue weighted by Gasteiger charge is -2.09. The van der Waals surface area contributed by atoms with Crippen molar-refractivity contribution in [3.8, 4) is 11.8 Å². The molecular formula is C16H19ClN4O. The van der Waals surface area contributed by atoms with Crippen LogP contribution in [0.1, 0.15) is 31.7 Å². The number of aromatic nitrogens is 3. The van der Waals surface area contributed by atoms with Gasteiger partial charge >= 0.3 is 0 Å². The van der Waals surface area contributed by atoms with Crippen LogP contribution < -0.4 is 4.74 Å². The minimum atomic E-state index is 0.423. The zero-order valence-electron chi connectivity index (χ0n) is 12.8. The first-order chi connectivity index (χ1) is 10.6. The molecule has 1 aromatic heterocycles. The highest BCUT2D eigenvalue weighted by Gasteiger charge is 2.13. The van der Waals surface area contributed by atoms with Crippen molar-refractivity contribution in [3.63, 3.8) is 0 Å². The largest absolute Gasteiger partial charge is 0.494 e. The molecule has 5 nitrogen and oxygen atoms in total. The summed E-state index contributed by atoms with van der Waals surface area (Å²) < 4.78 is 7.46. The van der Waals surface area contributed by atoms with E-state index >= 15 is 0 Å². The molecule has 2 aromatic rings. The highest BCUT2D eigenvalue weighted by atomic mass is 35.5. The van der Waals surface area contributed by atoms with E-state index < -0.39 is 0 Å². The number of ether oxygens (including phenoxy) is 1. The minimum Gasteiger partial charge on any atom is -0.494 e. The van der Waals surface area contributed by atoms with Crippen LogP contribution in [0, 0.1) is 17.2 Å². The lowest BCUT2D eigenvalue weighted by Crippen LogP contribution is -2.11. The quantitative estimate of drug-likeness (QED) is 0.733. The Hall–Kier alpha value is -2.06. The van der Waals surface area contributed by atoms with Crippen LogP contribution >= 0.6 is 11.6 Å². The van der Waals surface area contributed by atoms with Crippen molar-refractivity contribution in [2.75, 3.05) is 6.61 Å². The number of halogens is 1. The maximum Gasteiger partial charge on any atom is 0.185 e. The molecule has 0 aliphatic heterocycles. The van der Waals surface area contributed by atoms with E-state index in [1.54, 1.807) is 12.1 Å². The van der Waals surface area contributed by atoms with Crippen molar-refractivity contribution in [2.24, 2.45) is 5.92 Å². The molecule has 1 heterocycles. The number of aryl methyl sites for hydroxylation is 1. The Kier molecular flexibility index (Phi) is 5.79. The number of benzene rings is 1. The molecule has 0 fully saturated rings. The first-order valence-electron chi connectivity index (χ1n) is 7.31. The van der Waals surface area contributed by atoms with Gasteiger partial charge in [-0.05, 0) is 36.6 Å². The van der Waals surface area contributed by atoms with Crippen molar-refractivity contribution < 1.29 is 4.74 Å². The fraction of sp³-hybridized carbons (Fsp3) is 0.438. The third-order valence-electron chi connectivity index (χ3n) is 3.14. The summed E-state index contributed by atoms with van der Waals surface area (Å²) in [5.74, 6) is 1.25. The van der Waals surface area contributed by atoms with Gasteiger partial charge in [-0.25, -0.2) is 4.68 Å². The van der Waals surface area contributed by atoms with Gasteiger partial charge in [-0.15, -0.1) is 5.10 Å². The first kappa shape index (κ1) is 16.3. The monoisotopic (exact) mass is 318 g/mol. The minimum absolute atomic E-state index is 0.423. The normalized spacial score (nSPS) is 10.7. The lowest BCUT2D eigenvalue weighted by atomic mass is 10.1. The van der Waals surface area contributed by atoms with E-state index in [9.17, 15) is 0 Å². The molecule has 0 saturated heterocycles. The van der Waals surface area contributed by atoms with Crippen LogP contribution in [0.4, 0.5) is 0 Å². The van der Waals surface area contributed by atoms with Gasteiger partial charge in [-0.3, -0.25) is 0 Å². The maximum absolute atomic E-state index is 9.09. The second-order valence-electron chi connectivity index (χ2n) is 5.47. The Morgan fingerprint density at radius 1 is 1.32 bits per heavy atom. The summed E-state index contributed by atoms with van der Waals surface area (Å²) in [7, 11) is 0. The molecule has 0 saturated carbocycles. The van der Waals surface area contributed by atoms with Gasteiger partial charge in [0.05, 0.1) is 12.3 Å². The molecule has 1 aromatic carbocycles. The SMILES string of the molecule is CC(C)Cc1c(C#N)nnn1CCCOc1ccc(Cl)cc1. The van der Waals surface area contributed by atoms with Gasteiger partial charge in [-0.2, -0.15) is 5.26 Å². The summed E-state index contributed by atoms with van der Waals surface area (Å²) in [6.07, 6.45) is 1.59. The average Bonchev–Trinajstić information content (AvgIpc) is 2.87. The molecule has 0 bridgehead atoms. The molecule has 0 N–H and O–H groups in total. The summed E-state index contributed by atoms with van der Waals surface area (Å²) in [4.78, 5) is 0. The zero-order chi connectivity index (χ0) is 15.9. The van der Waals surface area contributed by atoms with Crippen LogP contribution in [-0.2, 0) is 13.0 Å². The lowest BCUT2D eigenvalue weighted by molar-refractivity contribution is 0.296. The standard InChI is InChI=1S/C16H19ClN4O/c1-12(2)10-16-15(11-18)19-20-21(16)8-3-9-22-14-6-4-13(17)5-7-14/h4-7,12H,3,8-10H2,1-2H3. The Balaban J connectivity index is 1.88. The van der Waals surface area contributed by atoms with Gasteiger partial charge in [-0.1, -0.05) is 30.7 Å². The van der Waals surface area contributed by atoms with Gasteiger partial charge in [0.25, 0.3) is 0 Å². The zero-order valence-corrected chi connectivity index (χ0v) is 13.5. The van der Waals surface area contributed by atoms with Gasteiger partial charge in [0.15, 0.2) is 5.69 Å². The highest BCUT2D eigenvalue weighted by molar-refractivity contribution is 6.30. The molecule has 6 heteroatoms. The predicted molar refractivity (Wildman–Crippen MR) is 84.8 cm³/mol. The average molecular weight is 319 g/mol. The fourth-order valence-corrected chi connectivity index (χ4v) is 2.25. The molecule has 0 unspecified atom stereocenters. The summed E-state index contributed by atoms with van der Waals surface area (Å²) in [6, 6.07) is 9.39. The van der Waals surface area contributed by atoms with E-state index in [2.05, 4.69) is 30.2 Å². The Bertz CT molecular complexity index is 643. The van der Waals surface area contributed by atoms with Crippen molar-refractivity contribution in [3.05, 3.63) is 40.7 Å². The molecule has 0 aliphatic carbocycles. The third-order valence-corrected chi connectivity index (χ3v) is 3.39. The summed E-state index contributed by atoms with van der Waals surface area (Å²) >= 11 is 5.83. The Labute approximate surface area is 135 Å². The van der Waals surface area contributed by atoms with Crippen molar-refractivity contribution >= 4 is 11.6 Å². The molecule has 0 radical (unpaired) electrons. The fourth-order valence-electron chi connectivity index (χ4n) is 2.12. The molecular weight excluding hydrogens is 300 g/mol. The van der Waals surface area contributed by atoms with Gasteiger partial charge in [0, 0.05) is 18.0 Å². The number of rotatable bonds is 7. The molecule has 116 valence electrons. The smallest absolute Gasteiger partial charge is 0.185 e. The highest BCUT2D eigenvalue weighted by Crippen LogP contribution is 2.16. The Morgan fingerprint density at radius 2 is 2.05 bits per heavy atom. The number of nitriles is 1. The van der Waals surface area contributed by atoms with Gasteiger partial charge in [0.2, 0.25) is 0 Å². The summed E-state index contributed by atoms with van der Waals surface area (Å²) in [5, 5.41) is 17.8. The molecule has 0 spiro atoms. The summed E-state index contributed by atoms with van der Waals surface area (Å²) in [5.41, 5.74) is 1.33. The molecule has 0 aliphatic rings.